The van der Waals surface area contributed by atoms with Crippen LogP contribution in [0.15, 0.2) is 34.2 Å². The number of hydrogen-bond acceptors (Lipinski definition) is 6. The number of nitrogens with one attached hydrogen (secondary N) is 1. The number of thioether (sulfide) groups is 1. The van der Waals surface area contributed by atoms with Crippen LogP contribution in [0.3, 0.4) is 0 Å². The number of aryl methyl sites for hydroxylation is 1. The molecule has 0 spiro atoms. The summed E-state index contributed by atoms with van der Waals surface area (Å²) in [5.74, 6) is 1.07. The van der Waals surface area contributed by atoms with E-state index in [1.807, 2.05) is 18.5 Å². The summed E-state index contributed by atoms with van der Waals surface area (Å²) in [5.41, 5.74) is -0.950. The van der Waals surface area contributed by atoms with E-state index in [0.717, 1.165) is 41.9 Å². The van der Waals surface area contributed by atoms with Crippen LogP contribution in [0.2, 0.25) is 0 Å². The van der Waals surface area contributed by atoms with Crippen LogP contribution in [0.5, 0.6) is 0 Å². The quantitative estimate of drug-likeness (QED) is 0.288. The molecule has 176 valence electrons. The van der Waals surface area contributed by atoms with Crippen molar-refractivity contribution in [3.63, 3.8) is 0 Å². The average molecular weight is 482 g/mol. The Balaban J connectivity index is 1.17. The van der Waals surface area contributed by atoms with Crippen LogP contribution < -0.4 is 5.32 Å². The van der Waals surface area contributed by atoms with Gasteiger partial charge >= 0.3 is 6.18 Å². The number of rotatable bonds is 7. The third-order valence-corrected chi connectivity index (χ3v) is 7.74. The predicted molar refractivity (Wildman–Crippen MR) is 114 cm³/mol. The molecule has 3 aromatic rings. The lowest BCUT2D eigenvalue weighted by atomic mass is 10.00. The van der Waals surface area contributed by atoms with E-state index < -0.39 is 23.1 Å². The van der Waals surface area contributed by atoms with Gasteiger partial charge in [-0.3, -0.25) is 0 Å². The standard InChI is InChI=1S/C22H23F4N5OS/c1-12-18(32-11-27-12)19-29-30-20(31(19)2)33-8-4-5-14-9-13-10-21(13,28-14)15-6-3-7-16(17(15)23)22(24,25)26/h3,6-7,11,13-14,28H,4-5,8-10H2,1-2H3. The molecule has 2 aromatic heterocycles. The van der Waals surface area contributed by atoms with Gasteiger partial charge in [0.2, 0.25) is 5.82 Å². The summed E-state index contributed by atoms with van der Waals surface area (Å²) in [6, 6.07) is 3.74. The summed E-state index contributed by atoms with van der Waals surface area (Å²) in [6.45, 7) is 1.84. The molecule has 1 saturated heterocycles. The fourth-order valence-electron chi connectivity index (χ4n) is 4.90. The molecule has 11 heteroatoms. The first-order valence-corrected chi connectivity index (χ1v) is 11.8. The van der Waals surface area contributed by atoms with Crippen molar-refractivity contribution in [2.24, 2.45) is 13.0 Å². The van der Waals surface area contributed by atoms with Gasteiger partial charge in [-0.15, -0.1) is 10.2 Å². The predicted octanol–water partition coefficient (Wildman–Crippen LogP) is 5.09. The molecule has 1 saturated carbocycles. The van der Waals surface area contributed by atoms with Crippen molar-refractivity contribution in [3.8, 4) is 11.6 Å². The maximum absolute atomic E-state index is 14.7. The summed E-state index contributed by atoms with van der Waals surface area (Å²) < 4.78 is 61.3. The van der Waals surface area contributed by atoms with Crippen molar-refractivity contribution in [2.45, 2.75) is 55.5 Å². The van der Waals surface area contributed by atoms with Gasteiger partial charge in [-0.25, -0.2) is 9.37 Å². The molecule has 5 rings (SSSR count). The molecule has 2 aliphatic rings. The molecule has 1 aromatic carbocycles. The maximum atomic E-state index is 14.7. The van der Waals surface area contributed by atoms with Gasteiger partial charge in [-0.1, -0.05) is 23.9 Å². The highest BCUT2D eigenvalue weighted by molar-refractivity contribution is 7.99. The van der Waals surface area contributed by atoms with Gasteiger partial charge in [0.1, 0.15) is 5.82 Å². The fraction of sp³-hybridized carbons (Fsp3) is 0.500. The Kier molecular flexibility index (Phi) is 5.51. The summed E-state index contributed by atoms with van der Waals surface area (Å²) in [7, 11) is 1.87. The van der Waals surface area contributed by atoms with Crippen molar-refractivity contribution in [1.82, 2.24) is 25.1 Å². The molecular weight excluding hydrogens is 458 g/mol. The van der Waals surface area contributed by atoms with Crippen LogP contribution in [0, 0.1) is 18.7 Å². The molecule has 2 fully saturated rings. The average Bonchev–Trinajstić information content (AvgIpc) is 3.06. The highest BCUT2D eigenvalue weighted by Gasteiger charge is 2.62. The zero-order chi connectivity index (χ0) is 23.4. The SMILES string of the molecule is Cc1ncoc1-c1nnc(SCCCC2CC3CC3(c3cccc(C(F)(F)F)c3F)N2)n1C. The molecule has 1 aliphatic heterocycles. The van der Waals surface area contributed by atoms with E-state index in [1.54, 1.807) is 11.8 Å². The monoisotopic (exact) mass is 481 g/mol. The Morgan fingerprint density at radius 2 is 2.12 bits per heavy atom. The molecule has 1 N–H and O–H groups in total. The summed E-state index contributed by atoms with van der Waals surface area (Å²) in [6.07, 6.45) is -0.0402. The van der Waals surface area contributed by atoms with Crippen LogP contribution in [0.4, 0.5) is 17.6 Å². The van der Waals surface area contributed by atoms with Gasteiger partial charge < -0.3 is 14.3 Å². The van der Waals surface area contributed by atoms with Crippen LogP contribution in [-0.4, -0.2) is 31.5 Å². The summed E-state index contributed by atoms with van der Waals surface area (Å²) >= 11 is 1.58. The van der Waals surface area contributed by atoms with Gasteiger partial charge in [0, 0.05) is 29.9 Å². The molecule has 0 amide bonds. The molecule has 0 radical (unpaired) electrons. The Morgan fingerprint density at radius 1 is 1.30 bits per heavy atom. The lowest BCUT2D eigenvalue weighted by molar-refractivity contribution is -0.140. The highest BCUT2D eigenvalue weighted by atomic mass is 32.2. The molecule has 0 bridgehead atoms. The van der Waals surface area contributed by atoms with Crippen molar-refractivity contribution in [2.75, 3.05) is 5.75 Å². The van der Waals surface area contributed by atoms with Crippen LogP contribution >= 0.6 is 11.8 Å². The third-order valence-electron chi connectivity index (χ3n) is 6.63. The first-order chi connectivity index (χ1) is 15.7. The molecule has 3 unspecified atom stereocenters. The zero-order valence-electron chi connectivity index (χ0n) is 18.1. The van der Waals surface area contributed by atoms with Gasteiger partial charge in [-0.2, -0.15) is 13.2 Å². The Hall–Kier alpha value is -2.40. The second-order valence-corrected chi connectivity index (χ2v) is 9.80. The minimum Gasteiger partial charge on any atom is -0.440 e. The van der Waals surface area contributed by atoms with E-state index >= 15 is 0 Å². The number of fused-ring (bicyclic) bond motifs is 1. The second-order valence-electron chi connectivity index (χ2n) is 8.74. The van der Waals surface area contributed by atoms with E-state index in [-0.39, 0.29) is 17.5 Å². The maximum Gasteiger partial charge on any atom is 0.419 e. The summed E-state index contributed by atoms with van der Waals surface area (Å²) in [4.78, 5) is 4.08. The van der Waals surface area contributed by atoms with Gasteiger partial charge in [0.05, 0.1) is 11.3 Å². The number of aromatic nitrogens is 4. The van der Waals surface area contributed by atoms with Crippen LogP contribution in [-0.2, 0) is 18.8 Å². The lowest BCUT2D eigenvalue weighted by Gasteiger charge is -2.21. The number of halogens is 4. The number of alkyl halides is 3. The zero-order valence-corrected chi connectivity index (χ0v) is 18.9. The first-order valence-electron chi connectivity index (χ1n) is 10.8. The van der Waals surface area contributed by atoms with Crippen molar-refractivity contribution >= 4 is 11.8 Å². The van der Waals surface area contributed by atoms with Crippen LogP contribution in [0.25, 0.3) is 11.6 Å². The Labute approximate surface area is 192 Å². The molecule has 1 aliphatic carbocycles. The highest BCUT2D eigenvalue weighted by Crippen LogP contribution is 2.60. The van der Waals surface area contributed by atoms with Gasteiger partial charge in [0.25, 0.3) is 0 Å². The molecular formula is C22H23F4N5OS. The van der Waals surface area contributed by atoms with Crippen LogP contribution in [0.1, 0.15) is 42.5 Å². The number of benzene rings is 1. The molecule has 33 heavy (non-hydrogen) atoms. The van der Waals surface area contributed by atoms with E-state index in [9.17, 15) is 17.6 Å². The number of oxazole rings is 1. The number of nitrogens with zero attached hydrogens (tertiary/aromatic N) is 4. The smallest absolute Gasteiger partial charge is 0.419 e. The second kappa shape index (κ2) is 8.12. The minimum absolute atomic E-state index is 0.147. The van der Waals surface area contributed by atoms with E-state index in [0.29, 0.717) is 18.0 Å². The molecule has 3 heterocycles. The molecule has 6 nitrogen and oxygen atoms in total. The van der Waals surface area contributed by atoms with Gasteiger partial charge in [0.15, 0.2) is 17.3 Å². The largest absolute Gasteiger partial charge is 0.440 e. The first kappa shape index (κ1) is 22.4. The topological polar surface area (TPSA) is 68.8 Å². The fourth-order valence-corrected chi connectivity index (χ4v) is 5.77. The summed E-state index contributed by atoms with van der Waals surface area (Å²) in [5, 5.41) is 12.6. The van der Waals surface area contributed by atoms with Crippen molar-refractivity contribution in [3.05, 3.63) is 47.2 Å². The normalized spacial score (nSPS) is 24.3. The van der Waals surface area contributed by atoms with Crippen molar-refractivity contribution < 1.29 is 22.0 Å². The van der Waals surface area contributed by atoms with E-state index in [2.05, 4.69) is 20.5 Å². The van der Waals surface area contributed by atoms with Crippen molar-refractivity contribution in [1.29, 1.82) is 0 Å². The number of hydrogen-bond donors (Lipinski definition) is 1. The van der Waals surface area contributed by atoms with E-state index in [1.165, 1.54) is 18.5 Å². The third kappa shape index (κ3) is 3.95. The van der Waals surface area contributed by atoms with Gasteiger partial charge in [-0.05, 0) is 44.6 Å². The minimum atomic E-state index is -4.69. The van der Waals surface area contributed by atoms with E-state index in [4.69, 9.17) is 4.42 Å². The Bertz CT molecular complexity index is 1180. The Morgan fingerprint density at radius 3 is 2.85 bits per heavy atom. The lowest BCUT2D eigenvalue weighted by Crippen LogP contribution is -2.34. The molecule has 3 atom stereocenters. The number of piperidine rings is 1.